The molecule has 0 fully saturated rings. The summed E-state index contributed by atoms with van der Waals surface area (Å²) in [6.07, 6.45) is 4.69. The lowest BCUT2D eigenvalue weighted by Crippen LogP contribution is -2.32. The molecule has 20 heavy (non-hydrogen) atoms. The summed E-state index contributed by atoms with van der Waals surface area (Å²) in [5, 5.41) is 0.534. The molecule has 1 aromatic heterocycles. The largest absolute Gasteiger partial charge is 0.307 e. The second kappa shape index (κ2) is 5.63. The lowest BCUT2D eigenvalue weighted by atomic mass is 10.1. The number of fused-ring (bicyclic) bond motifs is 1. The van der Waals surface area contributed by atoms with Gasteiger partial charge in [-0.3, -0.25) is 9.78 Å². The first-order valence-corrected chi connectivity index (χ1v) is 7.15. The number of benzene rings is 1. The standard InChI is InChI=1S/C16H15ClN2O/c17-13-8-9-18-14(11-13)16(20)19-10-4-3-6-12-5-1-2-7-15(12)19/h1-2,5,7-9,11H,3-4,6,10H2. The van der Waals surface area contributed by atoms with Crippen molar-refractivity contribution in [1.29, 1.82) is 0 Å². The number of hydrogen-bond acceptors (Lipinski definition) is 2. The summed E-state index contributed by atoms with van der Waals surface area (Å²) in [5.74, 6) is -0.0816. The normalized spacial score (nSPS) is 14.6. The quantitative estimate of drug-likeness (QED) is 0.800. The Hall–Kier alpha value is -1.87. The molecule has 0 saturated carbocycles. The zero-order valence-corrected chi connectivity index (χ0v) is 11.8. The molecule has 0 N–H and O–H groups in total. The van der Waals surface area contributed by atoms with Crippen LogP contribution in [0.2, 0.25) is 5.02 Å². The van der Waals surface area contributed by atoms with E-state index in [1.807, 2.05) is 23.1 Å². The van der Waals surface area contributed by atoms with Crippen LogP contribution in [-0.2, 0) is 6.42 Å². The van der Waals surface area contributed by atoms with Gasteiger partial charge in [0.25, 0.3) is 5.91 Å². The summed E-state index contributed by atoms with van der Waals surface area (Å²) in [4.78, 5) is 18.6. The van der Waals surface area contributed by atoms with Crippen molar-refractivity contribution < 1.29 is 4.79 Å². The first kappa shape index (κ1) is 13.1. The van der Waals surface area contributed by atoms with E-state index < -0.39 is 0 Å². The predicted molar refractivity (Wildman–Crippen MR) is 80.3 cm³/mol. The number of halogens is 1. The van der Waals surface area contributed by atoms with Crippen molar-refractivity contribution >= 4 is 23.2 Å². The van der Waals surface area contributed by atoms with Gasteiger partial charge in [-0.2, -0.15) is 0 Å². The maximum absolute atomic E-state index is 12.7. The first-order chi connectivity index (χ1) is 9.75. The Morgan fingerprint density at radius 1 is 1.20 bits per heavy atom. The van der Waals surface area contributed by atoms with Gasteiger partial charge in [0.1, 0.15) is 5.69 Å². The third kappa shape index (κ3) is 2.54. The molecule has 0 unspecified atom stereocenters. The number of carbonyl (C=O) groups excluding carboxylic acids is 1. The fourth-order valence-electron chi connectivity index (χ4n) is 2.56. The highest BCUT2D eigenvalue weighted by Crippen LogP contribution is 2.27. The Bertz CT molecular complexity index is 642. The Balaban J connectivity index is 1.99. The minimum absolute atomic E-state index is 0.0816. The zero-order valence-electron chi connectivity index (χ0n) is 11.1. The molecular formula is C16H15ClN2O. The molecule has 3 rings (SSSR count). The molecule has 2 aromatic rings. The van der Waals surface area contributed by atoms with Gasteiger partial charge in [0.05, 0.1) is 0 Å². The summed E-state index contributed by atoms with van der Waals surface area (Å²) in [7, 11) is 0. The SMILES string of the molecule is O=C(c1cc(Cl)ccn1)N1CCCCc2ccccc21. The summed E-state index contributed by atoms with van der Waals surface area (Å²) < 4.78 is 0. The van der Waals surface area contributed by atoms with E-state index in [1.165, 1.54) is 5.56 Å². The molecule has 2 heterocycles. The fraction of sp³-hybridized carbons (Fsp3) is 0.250. The number of amides is 1. The second-order valence-corrected chi connectivity index (χ2v) is 5.34. The van der Waals surface area contributed by atoms with Crippen molar-refractivity contribution in [2.24, 2.45) is 0 Å². The minimum atomic E-state index is -0.0816. The number of aromatic nitrogens is 1. The van der Waals surface area contributed by atoms with Gasteiger partial charge in [0, 0.05) is 23.5 Å². The number of para-hydroxylation sites is 1. The average molecular weight is 287 g/mol. The van der Waals surface area contributed by atoms with E-state index in [9.17, 15) is 4.79 Å². The number of carbonyl (C=O) groups is 1. The lowest BCUT2D eigenvalue weighted by Gasteiger charge is -2.22. The minimum Gasteiger partial charge on any atom is -0.307 e. The van der Waals surface area contributed by atoms with Gasteiger partial charge < -0.3 is 4.90 Å². The predicted octanol–water partition coefficient (Wildman–Crippen LogP) is 3.72. The van der Waals surface area contributed by atoms with Gasteiger partial charge in [-0.25, -0.2) is 0 Å². The molecule has 3 nitrogen and oxygen atoms in total. The molecule has 0 bridgehead atoms. The van der Waals surface area contributed by atoms with E-state index in [0.29, 0.717) is 10.7 Å². The van der Waals surface area contributed by atoms with Gasteiger partial charge in [-0.1, -0.05) is 29.8 Å². The van der Waals surface area contributed by atoms with Crippen LogP contribution in [-0.4, -0.2) is 17.4 Å². The molecule has 1 aliphatic rings. The molecule has 0 atom stereocenters. The van der Waals surface area contributed by atoms with Gasteiger partial charge in [-0.05, 0) is 43.0 Å². The maximum atomic E-state index is 12.7. The van der Waals surface area contributed by atoms with Crippen molar-refractivity contribution in [3.63, 3.8) is 0 Å². The Morgan fingerprint density at radius 3 is 2.90 bits per heavy atom. The molecule has 0 radical (unpaired) electrons. The van der Waals surface area contributed by atoms with Crippen LogP contribution < -0.4 is 4.90 Å². The van der Waals surface area contributed by atoms with Crippen molar-refractivity contribution in [2.75, 3.05) is 11.4 Å². The van der Waals surface area contributed by atoms with Crippen LogP contribution in [0.5, 0.6) is 0 Å². The van der Waals surface area contributed by atoms with E-state index in [1.54, 1.807) is 18.3 Å². The van der Waals surface area contributed by atoms with Crippen LogP contribution in [0.1, 0.15) is 28.9 Å². The van der Waals surface area contributed by atoms with Crippen molar-refractivity contribution in [1.82, 2.24) is 4.98 Å². The number of hydrogen-bond donors (Lipinski definition) is 0. The number of rotatable bonds is 1. The third-order valence-electron chi connectivity index (χ3n) is 3.55. The molecule has 1 amide bonds. The zero-order chi connectivity index (χ0) is 13.9. The highest BCUT2D eigenvalue weighted by Gasteiger charge is 2.22. The van der Waals surface area contributed by atoms with Crippen molar-refractivity contribution in [2.45, 2.75) is 19.3 Å². The van der Waals surface area contributed by atoms with Crippen LogP contribution in [0.3, 0.4) is 0 Å². The number of pyridine rings is 1. The molecule has 4 heteroatoms. The van der Waals surface area contributed by atoms with E-state index >= 15 is 0 Å². The topological polar surface area (TPSA) is 33.2 Å². The average Bonchev–Trinajstić information content (AvgIpc) is 2.69. The monoisotopic (exact) mass is 286 g/mol. The third-order valence-corrected chi connectivity index (χ3v) is 3.78. The fourth-order valence-corrected chi connectivity index (χ4v) is 2.72. The molecular weight excluding hydrogens is 272 g/mol. The van der Waals surface area contributed by atoms with Gasteiger partial charge in [0.2, 0.25) is 0 Å². The van der Waals surface area contributed by atoms with Gasteiger partial charge >= 0.3 is 0 Å². The van der Waals surface area contributed by atoms with Crippen LogP contribution >= 0.6 is 11.6 Å². The smallest absolute Gasteiger partial charge is 0.276 e. The molecule has 0 saturated heterocycles. The second-order valence-electron chi connectivity index (χ2n) is 4.90. The van der Waals surface area contributed by atoms with Crippen molar-refractivity contribution in [3.8, 4) is 0 Å². The maximum Gasteiger partial charge on any atom is 0.276 e. The van der Waals surface area contributed by atoms with Gasteiger partial charge in [0.15, 0.2) is 0 Å². The van der Waals surface area contributed by atoms with Crippen LogP contribution in [0.4, 0.5) is 5.69 Å². The summed E-state index contributed by atoms with van der Waals surface area (Å²) in [6.45, 7) is 0.726. The number of anilines is 1. The Kier molecular flexibility index (Phi) is 3.70. The van der Waals surface area contributed by atoms with Crippen LogP contribution in [0.25, 0.3) is 0 Å². The molecule has 1 aromatic carbocycles. The van der Waals surface area contributed by atoms with E-state index in [0.717, 1.165) is 31.5 Å². The van der Waals surface area contributed by atoms with Crippen LogP contribution in [0, 0.1) is 0 Å². The summed E-state index contributed by atoms with van der Waals surface area (Å²) in [6, 6.07) is 11.4. The summed E-state index contributed by atoms with van der Waals surface area (Å²) >= 11 is 5.95. The van der Waals surface area contributed by atoms with E-state index in [-0.39, 0.29) is 5.91 Å². The first-order valence-electron chi connectivity index (χ1n) is 6.77. The number of aryl methyl sites for hydroxylation is 1. The van der Waals surface area contributed by atoms with Crippen LogP contribution in [0.15, 0.2) is 42.6 Å². The highest BCUT2D eigenvalue weighted by molar-refractivity contribution is 6.31. The lowest BCUT2D eigenvalue weighted by molar-refractivity contribution is 0.0982. The number of nitrogens with zero attached hydrogens (tertiary/aromatic N) is 2. The molecule has 0 spiro atoms. The Labute approximate surface area is 123 Å². The Morgan fingerprint density at radius 2 is 2.05 bits per heavy atom. The van der Waals surface area contributed by atoms with Crippen molar-refractivity contribution in [3.05, 3.63) is 58.9 Å². The molecule has 1 aliphatic heterocycles. The molecule has 102 valence electrons. The molecule has 0 aliphatic carbocycles. The summed E-state index contributed by atoms with van der Waals surface area (Å²) in [5.41, 5.74) is 2.62. The van der Waals surface area contributed by atoms with E-state index in [4.69, 9.17) is 11.6 Å². The highest BCUT2D eigenvalue weighted by atomic mass is 35.5. The van der Waals surface area contributed by atoms with Gasteiger partial charge in [-0.15, -0.1) is 0 Å². The van der Waals surface area contributed by atoms with E-state index in [2.05, 4.69) is 11.1 Å².